The van der Waals surface area contributed by atoms with Crippen LogP contribution in [0.4, 0.5) is 4.39 Å². The molecule has 2 aromatic rings. The van der Waals surface area contributed by atoms with Crippen LogP contribution in [0.3, 0.4) is 0 Å². The van der Waals surface area contributed by atoms with Crippen molar-refractivity contribution in [3.8, 4) is 0 Å². The number of hydrogen-bond acceptors (Lipinski definition) is 2. The number of carbonyl (C=O) groups is 2. The monoisotopic (exact) mass is 374 g/mol. The zero-order chi connectivity index (χ0) is 19.1. The number of nitrogens with zero attached hydrogens (tertiary/aromatic N) is 1. The van der Waals surface area contributed by atoms with Crippen LogP contribution in [-0.4, -0.2) is 29.8 Å². The second-order valence-electron chi connectivity index (χ2n) is 5.87. The Morgan fingerprint density at radius 2 is 1.88 bits per heavy atom. The van der Waals surface area contributed by atoms with Crippen LogP contribution in [-0.2, 0) is 16.1 Å². The van der Waals surface area contributed by atoms with Crippen molar-refractivity contribution < 1.29 is 14.0 Å². The number of benzene rings is 2. The van der Waals surface area contributed by atoms with Crippen LogP contribution < -0.4 is 5.32 Å². The molecule has 1 atom stereocenters. The Balaban J connectivity index is 1.94. The van der Waals surface area contributed by atoms with Crippen LogP contribution in [0, 0.1) is 5.82 Å². The average Bonchev–Trinajstić information content (AvgIpc) is 2.63. The van der Waals surface area contributed by atoms with Crippen LogP contribution in [0.25, 0.3) is 6.08 Å². The van der Waals surface area contributed by atoms with Crippen LogP contribution in [0.5, 0.6) is 0 Å². The van der Waals surface area contributed by atoms with E-state index in [1.807, 2.05) is 30.3 Å². The minimum atomic E-state index is -0.751. The lowest BCUT2D eigenvalue weighted by atomic mass is 10.2. The van der Waals surface area contributed by atoms with Gasteiger partial charge in [0.15, 0.2) is 0 Å². The highest BCUT2D eigenvalue weighted by molar-refractivity contribution is 6.31. The largest absolute Gasteiger partial charge is 0.341 e. The molecule has 0 aliphatic heterocycles. The molecule has 0 aliphatic rings. The molecule has 0 heterocycles. The van der Waals surface area contributed by atoms with Crippen molar-refractivity contribution in [2.75, 3.05) is 7.05 Å². The summed E-state index contributed by atoms with van der Waals surface area (Å²) < 4.78 is 13.8. The van der Waals surface area contributed by atoms with E-state index in [2.05, 4.69) is 5.32 Å². The number of amides is 2. The van der Waals surface area contributed by atoms with Gasteiger partial charge in [-0.2, -0.15) is 0 Å². The number of carbonyl (C=O) groups excluding carboxylic acids is 2. The topological polar surface area (TPSA) is 49.4 Å². The summed E-state index contributed by atoms with van der Waals surface area (Å²) in [5.41, 5.74) is 1.13. The third-order valence-corrected chi connectivity index (χ3v) is 4.14. The molecule has 1 unspecified atom stereocenters. The van der Waals surface area contributed by atoms with Gasteiger partial charge in [-0.05, 0) is 30.7 Å². The van der Waals surface area contributed by atoms with Crippen LogP contribution in [0.2, 0.25) is 5.02 Å². The van der Waals surface area contributed by atoms with Gasteiger partial charge in [0, 0.05) is 30.3 Å². The lowest BCUT2D eigenvalue weighted by Gasteiger charge is -2.22. The molecule has 1 N–H and O–H groups in total. The van der Waals surface area contributed by atoms with Gasteiger partial charge in [0.05, 0.1) is 0 Å². The van der Waals surface area contributed by atoms with Gasteiger partial charge in [-0.15, -0.1) is 0 Å². The number of likely N-dealkylation sites (N-methyl/N-ethyl adjacent to an activating group) is 1. The summed E-state index contributed by atoms with van der Waals surface area (Å²) in [5.74, 6) is -1.20. The van der Waals surface area contributed by atoms with E-state index in [9.17, 15) is 14.0 Å². The number of halogens is 2. The summed E-state index contributed by atoms with van der Waals surface area (Å²) in [6.07, 6.45) is 3.03. The van der Waals surface area contributed by atoms with E-state index in [1.54, 1.807) is 19.1 Å². The van der Waals surface area contributed by atoms with Gasteiger partial charge in [0.1, 0.15) is 11.9 Å². The normalized spacial score (nSPS) is 12.0. The Bertz CT molecular complexity index is 788. The van der Waals surface area contributed by atoms with E-state index in [0.717, 1.165) is 5.56 Å². The standard InChI is InChI=1S/C20H20ClFN2O2/c1-14(23-19(25)12-11-15-7-4-3-5-8-15)20(26)24(2)13-16-17(21)9-6-10-18(16)22/h3-12,14H,13H2,1-2H3,(H,23,25)/b12-11+. The highest BCUT2D eigenvalue weighted by atomic mass is 35.5. The Hall–Kier alpha value is -2.66. The van der Waals surface area contributed by atoms with E-state index < -0.39 is 11.9 Å². The van der Waals surface area contributed by atoms with Gasteiger partial charge in [-0.3, -0.25) is 9.59 Å². The second-order valence-corrected chi connectivity index (χ2v) is 6.28. The minimum absolute atomic E-state index is 0.0183. The summed E-state index contributed by atoms with van der Waals surface area (Å²) in [5, 5.41) is 2.86. The van der Waals surface area contributed by atoms with Gasteiger partial charge < -0.3 is 10.2 Å². The quantitative estimate of drug-likeness (QED) is 0.784. The van der Waals surface area contributed by atoms with Crippen molar-refractivity contribution in [1.29, 1.82) is 0 Å². The van der Waals surface area contributed by atoms with Gasteiger partial charge >= 0.3 is 0 Å². The molecule has 0 spiro atoms. The average molecular weight is 375 g/mol. The summed E-state index contributed by atoms with van der Waals surface area (Å²) in [6.45, 7) is 1.60. The predicted molar refractivity (Wildman–Crippen MR) is 101 cm³/mol. The van der Waals surface area contributed by atoms with Gasteiger partial charge in [-0.25, -0.2) is 4.39 Å². The van der Waals surface area contributed by atoms with E-state index in [4.69, 9.17) is 11.6 Å². The van der Waals surface area contributed by atoms with E-state index in [0.29, 0.717) is 0 Å². The van der Waals surface area contributed by atoms with Gasteiger partial charge in [-0.1, -0.05) is 48.0 Å². The predicted octanol–water partition coefficient (Wildman–Crippen LogP) is 3.66. The van der Waals surface area contributed by atoms with Crippen LogP contribution in [0.1, 0.15) is 18.1 Å². The zero-order valence-electron chi connectivity index (χ0n) is 14.6. The first-order valence-electron chi connectivity index (χ1n) is 8.10. The number of hydrogen-bond donors (Lipinski definition) is 1. The molecule has 0 aromatic heterocycles. The Kier molecular flexibility index (Phi) is 6.92. The van der Waals surface area contributed by atoms with Crippen molar-refractivity contribution in [3.63, 3.8) is 0 Å². The molecule has 0 saturated carbocycles. The third-order valence-electron chi connectivity index (χ3n) is 3.79. The zero-order valence-corrected chi connectivity index (χ0v) is 15.3. The third kappa shape index (κ3) is 5.43. The fourth-order valence-electron chi connectivity index (χ4n) is 2.39. The fourth-order valence-corrected chi connectivity index (χ4v) is 2.61. The molecule has 0 fully saturated rings. The first kappa shape index (κ1) is 19.7. The summed E-state index contributed by atoms with van der Waals surface area (Å²) in [7, 11) is 1.54. The molecular weight excluding hydrogens is 355 g/mol. The van der Waals surface area contributed by atoms with Crippen molar-refractivity contribution in [1.82, 2.24) is 10.2 Å². The maximum absolute atomic E-state index is 13.8. The molecule has 4 nitrogen and oxygen atoms in total. The molecule has 2 aromatic carbocycles. The molecule has 2 amide bonds. The van der Waals surface area contributed by atoms with Crippen LogP contribution in [0.15, 0.2) is 54.6 Å². The highest BCUT2D eigenvalue weighted by Crippen LogP contribution is 2.20. The maximum atomic E-state index is 13.8. The summed E-state index contributed by atoms with van der Waals surface area (Å²) in [4.78, 5) is 25.7. The summed E-state index contributed by atoms with van der Waals surface area (Å²) in [6, 6.07) is 13.0. The maximum Gasteiger partial charge on any atom is 0.244 e. The molecule has 6 heteroatoms. The smallest absolute Gasteiger partial charge is 0.244 e. The van der Waals surface area contributed by atoms with Crippen molar-refractivity contribution >= 4 is 29.5 Å². The first-order chi connectivity index (χ1) is 12.4. The first-order valence-corrected chi connectivity index (χ1v) is 8.47. The molecule has 0 saturated heterocycles. The number of nitrogens with one attached hydrogen (secondary N) is 1. The Labute approximate surface area is 157 Å². The summed E-state index contributed by atoms with van der Waals surface area (Å²) >= 11 is 5.98. The van der Waals surface area contributed by atoms with E-state index >= 15 is 0 Å². The van der Waals surface area contributed by atoms with E-state index in [1.165, 1.54) is 30.2 Å². The fraction of sp³-hybridized carbons (Fsp3) is 0.200. The van der Waals surface area contributed by atoms with Crippen molar-refractivity contribution in [3.05, 3.63) is 76.6 Å². The molecule has 2 rings (SSSR count). The number of rotatable bonds is 6. The second kappa shape index (κ2) is 9.15. The van der Waals surface area contributed by atoms with Crippen molar-refractivity contribution in [2.45, 2.75) is 19.5 Å². The molecule has 26 heavy (non-hydrogen) atoms. The lowest BCUT2D eigenvalue weighted by Crippen LogP contribution is -2.44. The van der Waals surface area contributed by atoms with E-state index in [-0.39, 0.29) is 28.9 Å². The van der Waals surface area contributed by atoms with Crippen LogP contribution >= 0.6 is 11.6 Å². The highest BCUT2D eigenvalue weighted by Gasteiger charge is 2.20. The molecule has 0 aliphatic carbocycles. The SMILES string of the molecule is CC(NC(=O)/C=C/c1ccccc1)C(=O)N(C)Cc1c(F)cccc1Cl. The Morgan fingerprint density at radius 1 is 1.19 bits per heavy atom. The van der Waals surface area contributed by atoms with Crippen molar-refractivity contribution in [2.24, 2.45) is 0 Å². The Morgan fingerprint density at radius 3 is 2.54 bits per heavy atom. The molecule has 136 valence electrons. The lowest BCUT2D eigenvalue weighted by molar-refractivity contribution is -0.134. The van der Waals surface area contributed by atoms with Gasteiger partial charge in [0.2, 0.25) is 11.8 Å². The molecule has 0 radical (unpaired) electrons. The molecule has 0 bridgehead atoms. The van der Waals surface area contributed by atoms with Gasteiger partial charge in [0.25, 0.3) is 0 Å². The minimum Gasteiger partial charge on any atom is -0.341 e. The molecular formula is C20H20ClFN2O2.